The van der Waals surface area contributed by atoms with Crippen LogP contribution in [0.2, 0.25) is 0 Å². The predicted molar refractivity (Wildman–Crippen MR) is 76.5 cm³/mol. The van der Waals surface area contributed by atoms with E-state index in [2.05, 4.69) is 19.2 Å². The number of hydrogen-bond donors (Lipinski definition) is 1. The Hall–Kier alpha value is -0.0800. The molecule has 0 aliphatic heterocycles. The number of rotatable bonds is 12. The van der Waals surface area contributed by atoms with Crippen molar-refractivity contribution < 1.29 is 4.74 Å². The second-order valence-corrected chi connectivity index (χ2v) is 4.99. The molecule has 0 saturated heterocycles. The largest absolute Gasteiger partial charge is 0.380 e. The molecule has 0 saturated carbocycles. The minimum atomic E-state index is 0.375. The number of unbranched alkanes of at least 4 members (excludes halogenated alkanes) is 6. The quantitative estimate of drug-likeness (QED) is 0.520. The highest BCUT2D eigenvalue weighted by Crippen LogP contribution is 2.13. The normalized spacial score (nSPS) is 14.8. The summed E-state index contributed by atoms with van der Waals surface area (Å²) in [6, 6.07) is 0.528. The number of methoxy groups -OCH3 is 1. The molecule has 17 heavy (non-hydrogen) atoms. The molecule has 0 aromatic rings. The lowest BCUT2D eigenvalue weighted by molar-refractivity contribution is 0.0641. The highest BCUT2D eigenvalue weighted by atomic mass is 16.5. The van der Waals surface area contributed by atoms with Crippen molar-refractivity contribution >= 4 is 0 Å². The van der Waals surface area contributed by atoms with Gasteiger partial charge in [0.2, 0.25) is 0 Å². The molecule has 0 bridgehead atoms. The number of nitrogens with one attached hydrogen (secondary N) is 1. The molecule has 0 aromatic heterocycles. The van der Waals surface area contributed by atoms with Crippen LogP contribution < -0.4 is 5.32 Å². The zero-order chi connectivity index (χ0) is 12.9. The summed E-state index contributed by atoms with van der Waals surface area (Å²) in [7, 11) is 3.87. The van der Waals surface area contributed by atoms with Crippen LogP contribution in [-0.4, -0.2) is 26.3 Å². The summed E-state index contributed by atoms with van der Waals surface area (Å²) < 4.78 is 5.50. The maximum Gasteiger partial charge on any atom is 0.0721 e. The number of likely N-dealkylation sites (N-methyl/N-ethyl adjacent to an activating group) is 1. The molecule has 0 heterocycles. The highest BCUT2D eigenvalue weighted by molar-refractivity contribution is 4.74. The maximum atomic E-state index is 5.50. The van der Waals surface area contributed by atoms with Crippen molar-refractivity contribution in [3.63, 3.8) is 0 Å². The molecule has 0 spiro atoms. The van der Waals surface area contributed by atoms with Crippen molar-refractivity contribution in [1.82, 2.24) is 5.32 Å². The molecule has 104 valence electrons. The summed E-state index contributed by atoms with van der Waals surface area (Å²) in [5.41, 5.74) is 0. The van der Waals surface area contributed by atoms with Gasteiger partial charge >= 0.3 is 0 Å². The fourth-order valence-corrected chi connectivity index (χ4v) is 2.45. The third kappa shape index (κ3) is 8.62. The average molecular weight is 243 g/mol. The van der Waals surface area contributed by atoms with Crippen molar-refractivity contribution in [3.8, 4) is 0 Å². The first-order chi connectivity index (χ1) is 8.29. The Labute approximate surface area is 109 Å². The van der Waals surface area contributed by atoms with Gasteiger partial charge in [-0.1, -0.05) is 58.8 Å². The van der Waals surface area contributed by atoms with Gasteiger partial charge < -0.3 is 10.1 Å². The van der Waals surface area contributed by atoms with Crippen molar-refractivity contribution in [2.24, 2.45) is 0 Å². The minimum absolute atomic E-state index is 0.375. The van der Waals surface area contributed by atoms with Crippen LogP contribution in [0.5, 0.6) is 0 Å². The molecule has 0 radical (unpaired) electrons. The lowest BCUT2D eigenvalue weighted by Gasteiger charge is -2.24. The fourth-order valence-electron chi connectivity index (χ4n) is 2.45. The van der Waals surface area contributed by atoms with Gasteiger partial charge in [-0.05, 0) is 19.9 Å². The summed E-state index contributed by atoms with van der Waals surface area (Å²) in [4.78, 5) is 0. The van der Waals surface area contributed by atoms with Gasteiger partial charge in [-0.2, -0.15) is 0 Å². The Kier molecular flexibility index (Phi) is 12.3. The molecule has 1 N–H and O–H groups in total. The summed E-state index contributed by atoms with van der Waals surface area (Å²) in [5, 5.41) is 3.39. The van der Waals surface area contributed by atoms with Gasteiger partial charge in [-0.15, -0.1) is 0 Å². The van der Waals surface area contributed by atoms with E-state index in [1.165, 1.54) is 51.4 Å². The molecule has 2 unspecified atom stereocenters. The summed E-state index contributed by atoms with van der Waals surface area (Å²) >= 11 is 0. The van der Waals surface area contributed by atoms with Crippen LogP contribution in [-0.2, 0) is 4.74 Å². The lowest BCUT2D eigenvalue weighted by Crippen LogP contribution is -2.38. The molecule has 0 rings (SSSR count). The van der Waals surface area contributed by atoms with Gasteiger partial charge in [0, 0.05) is 13.2 Å². The topological polar surface area (TPSA) is 21.3 Å². The Morgan fingerprint density at radius 2 is 1.53 bits per heavy atom. The molecule has 0 amide bonds. The molecule has 0 aliphatic rings. The van der Waals surface area contributed by atoms with Crippen LogP contribution in [0, 0.1) is 0 Å². The second kappa shape index (κ2) is 12.4. The Morgan fingerprint density at radius 3 is 2.00 bits per heavy atom. The third-order valence-corrected chi connectivity index (χ3v) is 3.64. The summed E-state index contributed by atoms with van der Waals surface area (Å²) in [6.45, 7) is 4.47. The molecular weight excluding hydrogens is 210 g/mol. The molecular formula is C15H33NO. The predicted octanol–water partition coefficient (Wildman–Crippen LogP) is 4.14. The Bertz CT molecular complexity index is 146. The first-order valence-corrected chi connectivity index (χ1v) is 7.50. The molecule has 2 heteroatoms. The lowest BCUT2D eigenvalue weighted by atomic mass is 10.0. The van der Waals surface area contributed by atoms with E-state index in [4.69, 9.17) is 4.74 Å². The Balaban J connectivity index is 3.49. The van der Waals surface area contributed by atoms with Crippen molar-refractivity contribution in [3.05, 3.63) is 0 Å². The zero-order valence-electron chi connectivity index (χ0n) is 12.4. The van der Waals surface area contributed by atoms with E-state index >= 15 is 0 Å². The molecule has 0 fully saturated rings. The smallest absolute Gasteiger partial charge is 0.0721 e. The van der Waals surface area contributed by atoms with E-state index in [0.29, 0.717) is 12.1 Å². The number of hydrogen-bond acceptors (Lipinski definition) is 2. The van der Waals surface area contributed by atoms with Crippen LogP contribution in [0.3, 0.4) is 0 Å². The average Bonchev–Trinajstić information content (AvgIpc) is 2.36. The molecule has 0 aliphatic carbocycles. The van der Waals surface area contributed by atoms with Gasteiger partial charge in [0.25, 0.3) is 0 Å². The monoisotopic (exact) mass is 243 g/mol. The first-order valence-electron chi connectivity index (χ1n) is 7.50. The summed E-state index contributed by atoms with van der Waals surface area (Å²) in [5.74, 6) is 0. The van der Waals surface area contributed by atoms with Gasteiger partial charge in [0.05, 0.1) is 6.10 Å². The highest BCUT2D eigenvalue weighted by Gasteiger charge is 2.16. The van der Waals surface area contributed by atoms with E-state index in [0.717, 1.165) is 6.42 Å². The SMILES string of the molecule is CCCCCCCCCC(NC)C(CC)OC. The summed E-state index contributed by atoms with van der Waals surface area (Å²) in [6.07, 6.45) is 12.4. The first kappa shape index (κ1) is 16.9. The van der Waals surface area contributed by atoms with Crippen LogP contribution in [0.15, 0.2) is 0 Å². The van der Waals surface area contributed by atoms with Crippen LogP contribution in [0.4, 0.5) is 0 Å². The molecule has 2 atom stereocenters. The van der Waals surface area contributed by atoms with Gasteiger partial charge in [0.1, 0.15) is 0 Å². The van der Waals surface area contributed by atoms with Crippen molar-refractivity contribution in [2.75, 3.05) is 14.2 Å². The Morgan fingerprint density at radius 1 is 0.941 bits per heavy atom. The van der Waals surface area contributed by atoms with Gasteiger partial charge in [-0.3, -0.25) is 0 Å². The fraction of sp³-hybridized carbons (Fsp3) is 1.00. The van der Waals surface area contributed by atoms with Gasteiger partial charge in [-0.25, -0.2) is 0 Å². The van der Waals surface area contributed by atoms with E-state index in [1.54, 1.807) is 0 Å². The third-order valence-electron chi connectivity index (χ3n) is 3.64. The van der Waals surface area contributed by atoms with Crippen LogP contribution >= 0.6 is 0 Å². The van der Waals surface area contributed by atoms with E-state index in [9.17, 15) is 0 Å². The van der Waals surface area contributed by atoms with Gasteiger partial charge in [0.15, 0.2) is 0 Å². The van der Waals surface area contributed by atoms with E-state index < -0.39 is 0 Å². The second-order valence-electron chi connectivity index (χ2n) is 4.99. The van der Waals surface area contributed by atoms with Crippen LogP contribution in [0.1, 0.15) is 71.6 Å². The van der Waals surface area contributed by atoms with Crippen molar-refractivity contribution in [2.45, 2.75) is 83.8 Å². The van der Waals surface area contributed by atoms with Crippen LogP contribution in [0.25, 0.3) is 0 Å². The standard InChI is InChI=1S/C15H33NO/c1-5-7-8-9-10-11-12-13-14(16-3)15(6-2)17-4/h14-16H,5-13H2,1-4H3. The molecule has 0 aromatic carbocycles. The van der Waals surface area contributed by atoms with Crippen molar-refractivity contribution in [1.29, 1.82) is 0 Å². The maximum absolute atomic E-state index is 5.50. The number of ether oxygens (including phenoxy) is 1. The zero-order valence-corrected chi connectivity index (χ0v) is 12.4. The molecule has 2 nitrogen and oxygen atoms in total. The van der Waals surface area contributed by atoms with E-state index in [-0.39, 0.29) is 0 Å². The minimum Gasteiger partial charge on any atom is -0.380 e. The van der Waals surface area contributed by atoms with E-state index in [1.807, 2.05) is 14.2 Å².